The minimum Gasteiger partial charge on any atom is -0.404 e. The molecule has 2 nitrogen and oxygen atoms in total. The first-order valence-corrected chi connectivity index (χ1v) is 3.12. The highest BCUT2D eigenvalue weighted by atomic mass is 14.5. The molecule has 0 atom stereocenters. The highest BCUT2D eigenvalue weighted by Gasteiger charge is 2.05. The first-order valence-electron chi connectivity index (χ1n) is 3.12. The van der Waals surface area contributed by atoms with Gasteiger partial charge in [0, 0.05) is 11.8 Å². The van der Waals surface area contributed by atoms with Gasteiger partial charge < -0.3 is 5.73 Å². The van der Waals surface area contributed by atoms with Crippen LogP contribution in [-0.2, 0) is 0 Å². The maximum absolute atomic E-state index is 7.48. The summed E-state index contributed by atoms with van der Waals surface area (Å²) in [6.45, 7) is 1.90. The number of allylic oxidation sites excluding steroid dienone is 5. The second-order valence-corrected chi connectivity index (χ2v) is 2.21. The van der Waals surface area contributed by atoms with E-state index in [1.807, 2.05) is 25.2 Å². The molecule has 0 heterocycles. The van der Waals surface area contributed by atoms with Gasteiger partial charge in [-0.1, -0.05) is 18.2 Å². The molecule has 0 aromatic carbocycles. The highest BCUT2D eigenvalue weighted by Crippen LogP contribution is 2.11. The Labute approximate surface area is 60.2 Å². The van der Waals surface area contributed by atoms with E-state index >= 15 is 0 Å². The van der Waals surface area contributed by atoms with Crippen LogP contribution >= 0.6 is 0 Å². The van der Waals surface area contributed by atoms with Crippen LogP contribution in [0.3, 0.4) is 0 Å². The van der Waals surface area contributed by atoms with Gasteiger partial charge in [0.15, 0.2) is 0 Å². The summed E-state index contributed by atoms with van der Waals surface area (Å²) in [5.41, 5.74) is 7.54. The van der Waals surface area contributed by atoms with Crippen molar-refractivity contribution >= 4 is 5.71 Å². The number of hydrogen-bond donors (Lipinski definition) is 2. The fourth-order valence-electron chi connectivity index (χ4n) is 0.829. The normalized spacial score (nSPS) is 21.5. The topological polar surface area (TPSA) is 49.9 Å². The van der Waals surface area contributed by atoms with Crippen molar-refractivity contribution in [2.24, 2.45) is 5.73 Å². The average Bonchev–Trinajstić information content (AvgIpc) is 1.95. The maximum atomic E-state index is 7.48. The molecule has 1 aliphatic carbocycles. The molecule has 1 aliphatic rings. The van der Waals surface area contributed by atoms with Crippen molar-refractivity contribution in [3.8, 4) is 0 Å². The first kappa shape index (κ1) is 6.81. The van der Waals surface area contributed by atoms with E-state index < -0.39 is 0 Å². The van der Waals surface area contributed by atoms with Gasteiger partial charge in [-0.3, -0.25) is 5.41 Å². The van der Waals surface area contributed by atoms with Crippen molar-refractivity contribution in [2.75, 3.05) is 0 Å². The third-order valence-electron chi connectivity index (χ3n) is 1.48. The van der Waals surface area contributed by atoms with E-state index in [0.29, 0.717) is 5.71 Å². The lowest BCUT2D eigenvalue weighted by molar-refractivity contribution is 1.39. The summed E-state index contributed by atoms with van der Waals surface area (Å²) in [6.07, 6.45) is 7.08. The molecule has 0 fully saturated rings. The predicted octanol–water partition coefficient (Wildman–Crippen LogP) is 1.36. The summed E-state index contributed by atoms with van der Waals surface area (Å²) < 4.78 is 0. The number of rotatable bonds is 0. The molecular formula is C8H10N2. The quantitative estimate of drug-likeness (QED) is 0.516. The molecule has 3 N–H and O–H groups in total. The lowest BCUT2D eigenvalue weighted by atomic mass is 10.00. The monoisotopic (exact) mass is 134 g/mol. The smallest absolute Gasteiger partial charge is 0.0655 e. The van der Waals surface area contributed by atoms with E-state index in [9.17, 15) is 0 Å². The summed E-state index contributed by atoms with van der Waals surface area (Å²) in [7, 11) is 0. The van der Waals surface area contributed by atoms with E-state index in [1.165, 1.54) is 6.20 Å². The van der Waals surface area contributed by atoms with E-state index in [4.69, 9.17) is 11.1 Å². The molecule has 0 spiro atoms. The number of nitrogens with one attached hydrogen (secondary N) is 1. The Morgan fingerprint density at radius 1 is 1.60 bits per heavy atom. The summed E-state index contributed by atoms with van der Waals surface area (Å²) in [5, 5.41) is 7.48. The Balaban J connectivity index is 3.00. The lowest BCUT2D eigenvalue weighted by Gasteiger charge is -2.07. The molecule has 52 valence electrons. The average molecular weight is 134 g/mol. The number of nitrogens with two attached hydrogens (primary N) is 1. The highest BCUT2D eigenvalue weighted by molar-refractivity contribution is 6.12. The zero-order valence-electron chi connectivity index (χ0n) is 5.89. The van der Waals surface area contributed by atoms with Crippen molar-refractivity contribution in [1.82, 2.24) is 0 Å². The molecule has 0 radical (unpaired) electrons. The van der Waals surface area contributed by atoms with Crippen LogP contribution in [0.15, 0.2) is 35.6 Å². The third-order valence-corrected chi connectivity index (χ3v) is 1.48. The largest absolute Gasteiger partial charge is 0.404 e. The molecule has 0 bridgehead atoms. The van der Waals surface area contributed by atoms with Gasteiger partial charge in [-0.05, 0) is 12.5 Å². The van der Waals surface area contributed by atoms with Crippen LogP contribution in [0.2, 0.25) is 0 Å². The first-order chi connectivity index (χ1) is 4.75. The zero-order valence-corrected chi connectivity index (χ0v) is 5.89. The molecule has 0 aliphatic heterocycles. The minimum atomic E-state index is 0.519. The second kappa shape index (κ2) is 2.52. The molecule has 2 heteroatoms. The van der Waals surface area contributed by atoms with Crippen molar-refractivity contribution in [3.63, 3.8) is 0 Å². The molecule has 0 saturated heterocycles. The van der Waals surface area contributed by atoms with Gasteiger partial charge in [0.25, 0.3) is 0 Å². The molecule has 0 saturated carbocycles. The van der Waals surface area contributed by atoms with Crippen molar-refractivity contribution in [2.45, 2.75) is 6.92 Å². The fourth-order valence-corrected chi connectivity index (χ4v) is 0.829. The lowest BCUT2D eigenvalue weighted by Crippen LogP contribution is -2.05. The van der Waals surface area contributed by atoms with Crippen LogP contribution in [0.4, 0.5) is 0 Å². The summed E-state index contributed by atoms with van der Waals surface area (Å²) in [4.78, 5) is 0. The summed E-state index contributed by atoms with van der Waals surface area (Å²) in [5.74, 6) is 0. The zero-order chi connectivity index (χ0) is 7.56. The van der Waals surface area contributed by atoms with Crippen LogP contribution in [0.25, 0.3) is 0 Å². The van der Waals surface area contributed by atoms with Gasteiger partial charge in [-0.25, -0.2) is 0 Å². The maximum Gasteiger partial charge on any atom is 0.0655 e. The predicted molar refractivity (Wildman–Crippen MR) is 42.9 cm³/mol. The van der Waals surface area contributed by atoms with Crippen molar-refractivity contribution in [1.29, 1.82) is 5.41 Å². The van der Waals surface area contributed by atoms with E-state index in [1.54, 1.807) is 0 Å². The molecule has 10 heavy (non-hydrogen) atoms. The van der Waals surface area contributed by atoms with Crippen LogP contribution < -0.4 is 5.73 Å². The molecule has 0 aromatic heterocycles. The second-order valence-electron chi connectivity index (χ2n) is 2.21. The Bertz CT molecular complexity index is 244. The summed E-state index contributed by atoms with van der Waals surface area (Å²) in [6, 6.07) is 0. The van der Waals surface area contributed by atoms with Gasteiger partial charge in [0.05, 0.1) is 5.71 Å². The van der Waals surface area contributed by atoms with Crippen LogP contribution in [0, 0.1) is 5.41 Å². The van der Waals surface area contributed by atoms with Crippen molar-refractivity contribution in [3.05, 3.63) is 35.6 Å². The molecule has 0 aromatic rings. The van der Waals surface area contributed by atoms with E-state index in [2.05, 4.69) is 0 Å². The van der Waals surface area contributed by atoms with E-state index in [-0.39, 0.29) is 0 Å². The van der Waals surface area contributed by atoms with Gasteiger partial charge in [0.2, 0.25) is 0 Å². The Kier molecular flexibility index (Phi) is 1.71. The Morgan fingerprint density at radius 3 is 2.80 bits per heavy atom. The van der Waals surface area contributed by atoms with Gasteiger partial charge in [-0.2, -0.15) is 0 Å². The fraction of sp³-hybridized carbons (Fsp3) is 0.125. The SMILES string of the molecule is CC1=CC=C/C(=C/N)C1=N. The van der Waals surface area contributed by atoms with Crippen molar-refractivity contribution < 1.29 is 0 Å². The molecule has 0 unspecified atom stereocenters. The van der Waals surface area contributed by atoms with Crippen LogP contribution in [0.1, 0.15) is 6.92 Å². The van der Waals surface area contributed by atoms with Gasteiger partial charge in [0.1, 0.15) is 0 Å². The minimum absolute atomic E-state index is 0.519. The van der Waals surface area contributed by atoms with Gasteiger partial charge >= 0.3 is 0 Å². The van der Waals surface area contributed by atoms with Crippen LogP contribution in [-0.4, -0.2) is 5.71 Å². The van der Waals surface area contributed by atoms with Gasteiger partial charge in [-0.15, -0.1) is 0 Å². The third kappa shape index (κ3) is 1.00. The molecular weight excluding hydrogens is 124 g/mol. The van der Waals surface area contributed by atoms with E-state index in [0.717, 1.165) is 11.1 Å². The Morgan fingerprint density at radius 2 is 2.30 bits per heavy atom. The standard InChI is InChI=1S/C8H10N2/c1-6-3-2-4-7(5-9)8(6)10/h2-5,10H,9H2,1H3/b7-5-,10-8?. The molecule has 0 amide bonds. The summed E-state index contributed by atoms with van der Waals surface area (Å²) >= 11 is 0. The Hall–Kier alpha value is -1.31. The number of hydrogen-bond acceptors (Lipinski definition) is 2. The van der Waals surface area contributed by atoms with Crippen LogP contribution in [0.5, 0.6) is 0 Å². The molecule has 1 rings (SSSR count).